The second-order valence-corrected chi connectivity index (χ2v) is 6.27. The number of aldehydes is 1. The summed E-state index contributed by atoms with van der Waals surface area (Å²) in [6.07, 6.45) is -2.73. The highest BCUT2D eigenvalue weighted by atomic mass is 16.7. The Labute approximate surface area is 169 Å². The minimum absolute atomic E-state index is 0.117. The maximum absolute atomic E-state index is 11.4. The fourth-order valence-corrected chi connectivity index (χ4v) is 2.72. The van der Waals surface area contributed by atoms with Gasteiger partial charge in [0.1, 0.15) is 18.9 Å². The summed E-state index contributed by atoms with van der Waals surface area (Å²) in [6, 6.07) is -0.877. The fraction of sp³-hybridized carbons (Fsp3) is 0.882. The molecule has 0 saturated carbocycles. The van der Waals surface area contributed by atoms with Crippen LogP contribution in [0.25, 0.3) is 0 Å². The number of carbonyl (C=O) groups is 2. The lowest BCUT2D eigenvalue weighted by Gasteiger charge is -2.42. The van der Waals surface area contributed by atoms with Gasteiger partial charge in [-0.25, -0.2) is 0 Å². The fourth-order valence-electron chi connectivity index (χ4n) is 2.72. The zero-order valence-electron chi connectivity index (χ0n) is 16.6. The Morgan fingerprint density at radius 2 is 1.72 bits per heavy atom. The van der Waals surface area contributed by atoms with Crippen molar-refractivity contribution in [3.05, 3.63) is 0 Å². The minimum atomic E-state index is -1.25. The van der Waals surface area contributed by atoms with Gasteiger partial charge in [-0.05, 0) is 5.11 Å². The van der Waals surface area contributed by atoms with Gasteiger partial charge in [-0.15, -0.1) is 0 Å². The first-order valence-corrected chi connectivity index (χ1v) is 9.43. The Morgan fingerprint density at radius 3 is 2.24 bits per heavy atom. The van der Waals surface area contributed by atoms with E-state index < -0.39 is 43.0 Å². The van der Waals surface area contributed by atoms with Crippen molar-refractivity contribution in [2.75, 3.05) is 59.4 Å². The molecule has 0 aliphatic carbocycles. The van der Waals surface area contributed by atoms with Crippen molar-refractivity contribution in [3.8, 4) is 0 Å². The zero-order chi connectivity index (χ0) is 21.5. The Balaban J connectivity index is 2.27. The van der Waals surface area contributed by atoms with E-state index in [1.54, 1.807) is 0 Å². The summed E-state index contributed by atoms with van der Waals surface area (Å²) in [7, 11) is 0. The molecule has 1 rings (SSSR count). The largest absolute Gasteiger partial charge is 0.394 e. The predicted molar refractivity (Wildman–Crippen MR) is 96.5 cm³/mol. The number of nitrogens with zero attached hydrogens (tertiary/aromatic N) is 1. The minimum Gasteiger partial charge on any atom is -0.394 e. The number of hydrogen-bond acceptors (Lipinski definition) is 10. The van der Waals surface area contributed by atoms with E-state index in [0.29, 0.717) is 45.9 Å². The molecule has 29 heavy (non-hydrogen) atoms. The van der Waals surface area contributed by atoms with Crippen LogP contribution in [0, 0.1) is 5.92 Å². The lowest BCUT2D eigenvalue weighted by atomic mass is 9.88. The molecule has 5 N–H and O–H groups in total. The molecule has 5 atom stereocenters. The van der Waals surface area contributed by atoms with Crippen LogP contribution in [0.15, 0.2) is 5.11 Å². The molecule has 0 aromatic rings. The number of carbonyl (C=O) groups excluding carboxylic acids is 2. The maximum atomic E-state index is 11.4. The molecule has 1 fully saturated rings. The molecule has 0 radical (unpaired) electrons. The van der Waals surface area contributed by atoms with Crippen molar-refractivity contribution in [3.63, 3.8) is 0 Å². The number of rotatable bonds is 16. The second kappa shape index (κ2) is 15.3. The van der Waals surface area contributed by atoms with E-state index >= 15 is 0 Å². The standard InChI is InChI=1S/C17H31N3O9/c1-12(23)20-15-13(10-21)16(24)14(11-22)29-17(15)28-9-8-27-7-6-26-5-4-25-3-2-19-18/h10,13-18,22,24H,2-9,11H2,1H3,(H,20,23)/p+1/t13-,14-,15-,16-,17-/m1/s1. The van der Waals surface area contributed by atoms with Gasteiger partial charge in [0, 0.05) is 6.92 Å². The predicted octanol–water partition coefficient (Wildman–Crippen LogP) is -3.34. The third-order valence-corrected chi connectivity index (χ3v) is 4.12. The van der Waals surface area contributed by atoms with Gasteiger partial charge < -0.3 is 44.0 Å². The molecule has 1 aliphatic rings. The number of ether oxygens (including phenoxy) is 5. The zero-order valence-corrected chi connectivity index (χ0v) is 16.6. The van der Waals surface area contributed by atoms with Crippen LogP contribution < -0.4 is 10.8 Å². The molecule has 0 aromatic carbocycles. The van der Waals surface area contributed by atoms with E-state index in [1.807, 2.05) is 0 Å². The Morgan fingerprint density at radius 1 is 1.14 bits per heavy atom. The van der Waals surface area contributed by atoms with Crippen molar-refractivity contribution >= 4 is 12.2 Å². The van der Waals surface area contributed by atoms with Gasteiger partial charge >= 0.3 is 0 Å². The van der Waals surface area contributed by atoms with Crippen LogP contribution >= 0.6 is 0 Å². The topological polar surface area (TPSA) is 171 Å². The molecule has 1 amide bonds. The first kappa shape index (κ1) is 25.5. The highest BCUT2D eigenvalue weighted by Crippen LogP contribution is 2.25. The van der Waals surface area contributed by atoms with Crippen molar-refractivity contribution in [2.45, 2.75) is 31.5 Å². The van der Waals surface area contributed by atoms with Gasteiger partial charge in [0.25, 0.3) is 0 Å². The molecule has 1 saturated heterocycles. The van der Waals surface area contributed by atoms with E-state index in [9.17, 15) is 19.8 Å². The van der Waals surface area contributed by atoms with E-state index in [-0.39, 0.29) is 13.2 Å². The number of aliphatic hydroxyl groups excluding tert-OH is 2. The summed E-state index contributed by atoms with van der Waals surface area (Å²) in [4.78, 5) is 22.8. The third kappa shape index (κ3) is 9.67. The van der Waals surface area contributed by atoms with Gasteiger partial charge in [0.15, 0.2) is 6.29 Å². The normalized spacial score (nSPS) is 26.8. The van der Waals surface area contributed by atoms with Crippen molar-refractivity contribution in [2.24, 2.45) is 11.0 Å². The van der Waals surface area contributed by atoms with Gasteiger partial charge in [0.2, 0.25) is 5.91 Å². The summed E-state index contributed by atoms with van der Waals surface area (Å²) < 4.78 is 27.0. The first-order valence-electron chi connectivity index (χ1n) is 9.43. The lowest BCUT2D eigenvalue weighted by Crippen LogP contribution is -2.62. The van der Waals surface area contributed by atoms with Crippen LogP contribution in [0.1, 0.15) is 6.92 Å². The van der Waals surface area contributed by atoms with E-state index in [4.69, 9.17) is 29.2 Å². The van der Waals surface area contributed by atoms with Crippen molar-refractivity contribution < 1.29 is 49.0 Å². The van der Waals surface area contributed by atoms with Crippen LogP contribution in [-0.4, -0.2) is 106 Å². The first-order chi connectivity index (χ1) is 14.0. The molecule has 1 heterocycles. The van der Waals surface area contributed by atoms with Crippen molar-refractivity contribution in [1.82, 2.24) is 5.32 Å². The number of nitrogens with one attached hydrogen (secondary N) is 1. The molecule has 12 heteroatoms. The maximum Gasteiger partial charge on any atom is 0.217 e. The molecule has 0 aromatic heterocycles. The summed E-state index contributed by atoms with van der Waals surface area (Å²) in [6.45, 7) is 3.63. The summed E-state index contributed by atoms with van der Waals surface area (Å²) >= 11 is 0. The van der Waals surface area contributed by atoms with E-state index in [2.05, 4.69) is 10.4 Å². The van der Waals surface area contributed by atoms with Crippen LogP contribution in [0.5, 0.6) is 0 Å². The van der Waals surface area contributed by atoms with Gasteiger partial charge in [-0.1, -0.05) is 0 Å². The molecular formula is C17H32N3O9+. The number of aliphatic hydroxyl groups is 2. The highest BCUT2D eigenvalue weighted by molar-refractivity contribution is 5.74. The molecule has 0 spiro atoms. The molecule has 1 aliphatic heterocycles. The quantitative estimate of drug-likeness (QED) is 0.113. The monoisotopic (exact) mass is 422 g/mol. The van der Waals surface area contributed by atoms with Gasteiger partial charge in [-0.3, -0.25) is 4.79 Å². The number of hydrogen-bond donors (Lipinski definition) is 4. The van der Waals surface area contributed by atoms with E-state index in [0.717, 1.165) is 0 Å². The third-order valence-electron chi connectivity index (χ3n) is 4.12. The Hall–Kier alpha value is -1.54. The summed E-state index contributed by atoms with van der Waals surface area (Å²) in [5, 5.41) is 25.4. The number of nitrogens with two attached hydrogens (primary N) is 1. The molecule has 0 bridgehead atoms. The van der Waals surface area contributed by atoms with Gasteiger partial charge in [0.05, 0.1) is 70.9 Å². The summed E-state index contributed by atoms with van der Waals surface area (Å²) in [5.41, 5.74) is 4.98. The Bertz CT molecular complexity index is 483. The number of amides is 1. The molecular weight excluding hydrogens is 390 g/mol. The Kier molecular flexibility index (Phi) is 13.5. The molecule has 12 nitrogen and oxygen atoms in total. The molecule has 0 unspecified atom stereocenters. The highest BCUT2D eigenvalue weighted by Gasteiger charge is 2.45. The average Bonchev–Trinajstić information content (AvgIpc) is 2.70. The van der Waals surface area contributed by atoms with Crippen LogP contribution in [0.3, 0.4) is 0 Å². The van der Waals surface area contributed by atoms with Crippen LogP contribution in [-0.2, 0) is 33.3 Å². The van der Waals surface area contributed by atoms with E-state index in [1.165, 1.54) is 6.92 Å². The second-order valence-electron chi connectivity index (χ2n) is 6.27. The smallest absolute Gasteiger partial charge is 0.217 e. The van der Waals surface area contributed by atoms with Crippen molar-refractivity contribution in [1.29, 1.82) is 0 Å². The van der Waals surface area contributed by atoms with Gasteiger partial charge in [-0.2, -0.15) is 5.53 Å². The SMILES string of the molecule is CC(=O)N[C@H]1[C@H](OCCOCCOCCOCCN=[NH2+])O[C@H](CO)[C@H](O)[C@@H]1C=O. The average molecular weight is 422 g/mol. The van der Waals surface area contributed by atoms with Crippen LogP contribution in [0.2, 0.25) is 0 Å². The van der Waals surface area contributed by atoms with Crippen LogP contribution in [0.4, 0.5) is 0 Å². The summed E-state index contributed by atoms with van der Waals surface area (Å²) in [5.74, 6) is -1.37. The molecule has 168 valence electrons. The lowest BCUT2D eigenvalue weighted by molar-refractivity contribution is -0.256.